The van der Waals surface area contributed by atoms with Crippen LogP contribution in [0.1, 0.15) is 31.2 Å². The molecule has 21 heavy (non-hydrogen) atoms. The predicted octanol–water partition coefficient (Wildman–Crippen LogP) is 4.18. The number of nitrogens with one attached hydrogen (secondary N) is 1. The number of aromatic nitrogens is 2. The quantitative estimate of drug-likeness (QED) is 0.862. The van der Waals surface area contributed by atoms with Crippen molar-refractivity contribution in [2.45, 2.75) is 37.3 Å². The predicted molar refractivity (Wildman–Crippen MR) is 81.0 cm³/mol. The highest BCUT2D eigenvalue weighted by atomic mass is 32.2. The molecule has 0 atom stereocenters. The van der Waals surface area contributed by atoms with Gasteiger partial charge in [0.1, 0.15) is 5.82 Å². The Morgan fingerprint density at radius 1 is 1.19 bits per heavy atom. The molecule has 0 aliphatic carbocycles. The molecule has 2 aromatic rings. The van der Waals surface area contributed by atoms with Gasteiger partial charge in [-0.05, 0) is 19.1 Å². The molecule has 0 fully saturated rings. The Morgan fingerprint density at radius 3 is 2.33 bits per heavy atom. The SMILES string of the molecule is Cc1c(-c2ccc(SC(F)F)cc2)nc(C(C)C)[nH]c1=O. The number of thioether (sulfide) groups is 1. The first-order valence-corrected chi connectivity index (χ1v) is 7.42. The number of alkyl halides is 2. The van der Waals surface area contributed by atoms with Crippen molar-refractivity contribution in [1.29, 1.82) is 0 Å². The summed E-state index contributed by atoms with van der Waals surface area (Å²) in [5, 5.41) is 0. The topological polar surface area (TPSA) is 45.8 Å². The van der Waals surface area contributed by atoms with Crippen LogP contribution in [0.5, 0.6) is 0 Å². The Bertz CT molecular complexity index is 681. The molecule has 0 aliphatic rings. The molecule has 1 N–H and O–H groups in total. The van der Waals surface area contributed by atoms with Crippen molar-refractivity contribution in [2.75, 3.05) is 0 Å². The van der Waals surface area contributed by atoms with Crippen LogP contribution in [0, 0.1) is 6.92 Å². The van der Waals surface area contributed by atoms with E-state index in [2.05, 4.69) is 9.97 Å². The fourth-order valence-electron chi connectivity index (χ4n) is 1.90. The number of aromatic amines is 1. The van der Waals surface area contributed by atoms with Gasteiger partial charge in [0.2, 0.25) is 0 Å². The minimum absolute atomic E-state index is 0.103. The van der Waals surface area contributed by atoms with Gasteiger partial charge < -0.3 is 4.98 Å². The van der Waals surface area contributed by atoms with Crippen molar-refractivity contribution in [2.24, 2.45) is 0 Å². The van der Waals surface area contributed by atoms with Crippen LogP contribution in [0.2, 0.25) is 0 Å². The minimum atomic E-state index is -2.44. The Kier molecular flexibility index (Phi) is 4.77. The van der Waals surface area contributed by atoms with Gasteiger partial charge in [-0.1, -0.05) is 37.7 Å². The van der Waals surface area contributed by atoms with Crippen molar-refractivity contribution < 1.29 is 8.78 Å². The van der Waals surface area contributed by atoms with Crippen LogP contribution in [0.25, 0.3) is 11.3 Å². The highest BCUT2D eigenvalue weighted by molar-refractivity contribution is 7.99. The second kappa shape index (κ2) is 6.39. The highest BCUT2D eigenvalue weighted by Gasteiger charge is 2.12. The smallest absolute Gasteiger partial charge is 0.288 e. The van der Waals surface area contributed by atoms with Crippen LogP contribution in [0.15, 0.2) is 34.0 Å². The highest BCUT2D eigenvalue weighted by Crippen LogP contribution is 2.28. The van der Waals surface area contributed by atoms with E-state index in [1.54, 1.807) is 31.2 Å². The van der Waals surface area contributed by atoms with Gasteiger partial charge in [0.15, 0.2) is 0 Å². The van der Waals surface area contributed by atoms with E-state index in [1.165, 1.54) is 0 Å². The third kappa shape index (κ3) is 3.69. The molecule has 0 saturated carbocycles. The summed E-state index contributed by atoms with van der Waals surface area (Å²) in [6, 6.07) is 6.65. The molecule has 0 amide bonds. The lowest BCUT2D eigenvalue weighted by Gasteiger charge is -2.10. The summed E-state index contributed by atoms with van der Waals surface area (Å²) in [5.41, 5.74) is 1.69. The van der Waals surface area contributed by atoms with Crippen LogP contribution in [-0.2, 0) is 0 Å². The number of benzene rings is 1. The van der Waals surface area contributed by atoms with Crippen LogP contribution < -0.4 is 5.56 Å². The lowest BCUT2D eigenvalue weighted by atomic mass is 10.1. The number of hydrogen-bond donors (Lipinski definition) is 1. The summed E-state index contributed by atoms with van der Waals surface area (Å²) in [6.45, 7) is 5.59. The van der Waals surface area contributed by atoms with Gasteiger partial charge >= 0.3 is 0 Å². The molecular formula is C15H16F2N2OS. The average molecular weight is 310 g/mol. The third-order valence-electron chi connectivity index (χ3n) is 3.07. The van der Waals surface area contributed by atoms with Gasteiger partial charge in [-0.2, -0.15) is 8.78 Å². The molecule has 1 aromatic carbocycles. The zero-order valence-corrected chi connectivity index (χ0v) is 12.8. The van der Waals surface area contributed by atoms with Gasteiger partial charge in [-0.25, -0.2) is 4.98 Å². The lowest BCUT2D eigenvalue weighted by Crippen LogP contribution is -2.16. The van der Waals surface area contributed by atoms with E-state index in [4.69, 9.17) is 0 Å². The monoisotopic (exact) mass is 310 g/mol. The van der Waals surface area contributed by atoms with E-state index in [0.29, 0.717) is 33.7 Å². The molecular weight excluding hydrogens is 294 g/mol. The normalized spacial score (nSPS) is 11.4. The lowest BCUT2D eigenvalue weighted by molar-refractivity contribution is 0.252. The van der Waals surface area contributed by atoms with Gasteiger partial charge in [0.05, 0.1) is 5.69 Å². The van der Waals surface area contributed by atoms with Crippen molar-refractivity contribution in [1.82, 2.24) is 9.97 Å². The zero-order chi connectivity index (χ0) is 15.6. The first-order chi connectivity index (χ1) is 9.88. The fraction of sp³-hybridized carbons (Fsp3) is 0.333. The molecule has 112 valence electrons. The van der Waals surface area contributed by atoms with Crippen molar-refractivity contribution in [3.63, 3.8) is 0 Å². The number of rotatable bonds is 4. The van der Waals surface area contributed by atoms with E-state index in [1.807, 2.05) is 13.8 Å². The average Bonchev–Trinajstić information content (AvgIpc) is 2.42. The summed E-state index contributed by atoms with van der Waals surface area (Å²) in [5.74, 6) is -1.72. The van der Waals surface area contributed by atoms with E-state index in [9.17, 15) is 13.6 Å². The van der Waals surface area contributed by atoms with Gasteiger partial charge in [-0.3, -0.25) is 4.79 Å². The van der Waals surface area contributed by atoms with Crippen LogP contribution in [0.3, 0.4) is 0 Å². The molecule has 0 bridgehead atoms. The number of halogens is 2. The summed E-state index contributed by atoms with van der Waals surface area (Å²) >= 11 is 0.496. The maximum atomic E-state index is 12.3. The largest absolute Gasteiger partial charge is 0.310 e. The molecule has 1 heterocycles. The van der Waals surface area contributed by atoms with E-state index >= 15 is 0 Å². The Labute approximate surface area is 125 Å². The fourth-order valence-corrected chi connectivity index (χ4v) is 2.40. The number of nitrogens with zero attached hydrogens (tertiary/aromatic N) is 1. The van der Waals surface area contributed by atoms with Gasteiger partial charge in [0.25, 0.3) is 11.3 Å². The van der Waals surface area contributed by atoms with Crippen molar-refractivity contribution >= 4 is 11.8 Å². The standard InChI is InChI=1S/C15H16F2N2OS/c1-8(2)13-18-12(9(3)14(20)19-13)10-4-6-11(7-5-10)21-15(16)17/h4-8,15H,1-3H3,(H,18,19,20). The molecule has 6 heteroatoms. The zero-order valence-electron chi connectivity index (χ0n) is 12.0. The maximum absolute atomic E-state index is 12.3. The molecule has 0 radical (unpaired) electrons. The van der Waals surface area contributed by atoms with E-state index < -0.39 is 5.76 Å². The molecule has 0 spiro atoms. The van der Waals surface area contributed by atoms with E-state index in [0.717, 1.165) is 5.56 Å². The molecule has 0 aliphatic heterocycles. The van der Waals surface area contributed by atoms with Gasteiger partial charge in [0, 0.05) is 21.9 Å². The Hall–Kier alpha value is -1.69. The number of H-pyrrole nitrogens is 1. The second-order valence-electron chi connectivity index (χ2n) is 4.98. The summed E-state index contributed by atoms with van der Waals surface area (Å²) in [6.07, 6.45) is 0. The summed E-state index contributed by atoms with van der Waals surface area (Å²) < 4.78 is 24.6. The maximum Gasteiger partial charge on any atom is 0.288 e. The molecule has 3 nitrogen and oxygen atoms in total. The van der Waals surface area contributed by atoms with E-state index in [-0.39, 0.29) is 11.5 Å². The first-order valence-electron chi connectivity index (χ1n) is 6.54. The van der Waals surface area contributed by atoms with Gasteiger partial charge in [-0.15, -0.1) is 0 Å². The Morgan fingerprint density at radius 2 is 1.81 bits per heavy atom. The summed E-state index contributed by atoms with van der Waals surface area (Å²) in [4.78, 5) is 19.7. The molecule has 1 aromatic heterocycles. The molecule has 2 rings (SSSR count). The van der Waals surface area contributed by atoms with Crippen LogP contribution in [-0.4, -0.2) is 15.7 Å². The van der Waals surface area contributed by atoms with Crippen molar-refractivity contribution in [3.8, 4) is 11.3 Å². The Balaban J connectivity index is 2.44. The first kappa shape index (κ1) is 15.7. The third-order valence-corrected chi connectivity index (χ3v) is 3.79. The molecule has 0 unspecified atom stereocenters. The van der Waals surface area contributed by atoms with Crippen molar-refractivity contribution in [3.05, 3.63) is 46.0 Å². The minimum Gasteiger partial charge on any atom is -0.310 e. The van der Waals surface area contributed by atoms with Crippen LogP contribution in [0.4, 0.5) is 8.78 Å². The summed E-state index contributed by atoms with van der Waals surface area (Å²) in [7, 11) is 0. The second-order valence-corrected chi connectivity index (χ2v) is 6.05. The number of hydrogen-bond acceptors (Lipinski definition) is 3. The van der Waals surface area contributed by atoms with Crippen LogP contribution >= 0.6 is 11.8 Å². The molecule has 0 saturated heterocycles.